The molecule has 0 saturated heterocycles. The lowest BCUT2D eigenvalue weighted by molar-refractivity contribution is 0.103. The van der Waals surface area contributed by atoms with Crippen LogP contribution in [0.25, 0.3) is 0 Å². The molecule has 0 bridgehead atoms. The second-order valence-electron chi connectivity index (χ2n) is 4.37. The van der Waals surface area contributed by atoms with Crippen LogP contribution in [0.1, 0.15) is 27.0 Å². The highest BCUT2D eigenvalue weighted by Crippen LogP contribution is 2.20. The van der Waals surface area contributed by atoms with Crippen molar-refractivity contribution in [3.63, 3.8) is 0 Å². The van der Waals surface area contributed by atoms with E-state index in [4.69, 9.17) is 5.73 Å². The molecule has 2 aromatic carbocycles. The van der Waals surface area contributed by atoms with Crippen molar-refractivity contribution in [1.82, 2.24) is 0 Å². The van der Waals surface area contributed by atoms with Gasteiger partial charge in [-0.15, -0.1) is 0 Å². The van der Waals surface area contributed by atoms with Crippen LogP contribution in [0, 0.1) is 19.7 Å². The summed E-state index contributed by atoms with van der Waals surface area (Å²) >= 11 is 0. The molecule has 2 aromatic rings. The van der Waals surface area contributed by atoms with Crippen LogP contribution in [0.5, 0.6) is 0 Å². The Morgan fingerprint density at radius 3 is 2.22 bits per heavy atom. The monoisotopic (exact) mass is 243 g/mol. The highest BCUT2D eigenvalue weighted by molar-refractivity contribution is 6.09. The summed E-state index contributed by atoms with van der Waals surface area (Å²) in [5.41, 5.74) is 8.22. The van der Waals surface area contributed by atoms with Crippen LogP contribution in [-0.2, 0) is 0 Å². The minimum absolute atomic E-state index is 0.222. The Morgan fingerprint density at radius 2 is 1.67 bits per heavy atom. The first-order chi connectivity index (χ1) is 8.49. The molecule has 0 fully saturated rings. The second-order valence-corrected chi connectivity index (χ2v) is 4.37. The fourth-order valence-corrected chi connectivity index (χ4v) is 1.70. The van der Waals surface area contributed by atoms with Gasteiger partial charge >= 0.3 is 0 Å². The molecule has 3 heteroatoms. The Kier molecular flexibility index (Phi) is 3.15. The number of hydrogen-bond acceptors (Lipinski definition) is 2. The second kappa shape index (κ2) is 4.61. The van der Waals surface area contributed by atoms with Crippen LogP contribution in [0.15, 0.2) is 36.4 Å². The molecule has 0 unspecified atom stereocenters. The Labute approximate surface area is 105 Å². The highest BCUT2D eigenvalue weighted by Gasteiger charge is 2.12. The molecule has 0 aliphatic rings. The van der Waals surface area contributed by atoms with E-state index in [9.17, 15) is 9.18 Å². The topological polar surface area (TPSA) is 43.1 Å². The Balaban J connectivity index is 2.43. The first-order valence-corrected chi connectivity index (χ1v) is 5.66. The molecule has 0 atom stereocenters. The zero-order chi connectivity index (χ0) is 13.3. The van der Waals surface area contributed by atoms with Gasteiger partial charge in [0.05, 0.1) is 0 Å². The van der Waals surface area contributed by atoms with Crippen molar-refractivity contribution in [3.8, 4) is 0 Å². The van der Waals surface area contributed by atoms with Crippen molar-refractivity contribution in [2.24, 2.45) is 0 Å². The number of halogens is 1. The van der Waals surface area contributed by atoms with E-state index in [1.165, 1.54) is 12.1 Å². The minimum atomic E-state index is -0.453. The van der Waals surface area contributed by atoms with Gasteiger partial charge in [0, 0.05) is 22.4 Å². The fourth-order valence-electron chi connectivity index (χ4n) is 1.70. The van der Waals surface area contributed by atoms with Gasteiger partial charge in [0.2, 0.25) is 0 Å². The number of nitrogens with two attached hydrogens (primary N) is 1. The number of ketones is 1. The van der Waals surface area contributed by atoms with Crippen LogP contribution >= 0.6 is 0 Å². The van der Waals surface area contributed by atoms with Gasteiger partial charge in [0.25, 0.3) is 0 Å². The summed E-state index contributed by atoms with van der Waals surface area (Å²) in [6.45, 7) is 3.53. The first-order valence-electron chi connectivity index (χ1n) is 5.66. The SMILES string of the molecule is Cc1ccc(C(=O)c2cc(N)c(C)c(F)c2)cc1. The third-order valence-electron chi connectivity index (χ3n) is 2.96. The minimum Gasteiger partial charge on any atom is -0.398 e. The van der Waals surface area contributed by atoms with Gasteiger partial charge in [0.1, 0.15) is 5.82 Å². The van der Waals surface area contributed by atoms with Crippen molar-refractivity contribution in [1.29, 1.82) is 0 Å². The molecule has 0 spiro atoms. The van der Waals surface area contributed by atoms with Crippen molar-refractivity contribution in [3.05, 3.63) is 64.5 Å². The molecule has 0 aliphatic carbocycles. The number of carbonyl (C=O) groups is 1. The lowest BCUT2D eigenvalue weighted by Gasteiger charge is -2.06. The Morgan fingerprint density at radius 1 is 1.06 bits per heavy atom. The average Bonchev–Trinajstić information content (AvgIpc) is 2.35. The Hall–Kier alpha value is -2.16. The van der Waals surface area contributed by atoms with E-state index in [-0.39, 0.29) is 11.3 Å². The summed E-state index contributed by atoms with van der Waals surface area (Å²) in [6.07, 6.45) is 0. The normalized spacial score (nSPS) is 10.4. The molecular formula is C15H14FNO. The average molecular weight is 243 g/mol. The predicted molar refractivity (Wildman–Crippen MR) is 70.2 cm³/mol. The standard InChI is InChI=1S/C15H14FNO/c1-9-3-5-11(6-4-9)15(18)12-7-13(16)10(2)14(17)8-12/h3-8H,17H2,1-2H3. The molecule has 0 heterocycles. The first kappa shape index (κ1) is 12.3. The molecule has 2 N–H and O–H groups in total. The quantitative estimate of drug-likeness (QED) is 0.650. The number of anilines is 1. The third kappa shape index (κ3) is 2.25. The van der Waals surface area contributed by atoms with E-state index in [0.29, 0.717) is 16.8 Å². The maximum Gasteiger partial charge on any atom is 0.193 e. The highest BCUT2D eigenvalue weighted by atomic mass is 19.1. The molecule has 0 aromatic heterocycles. The van der Waals surface area contributed by atoms with Crippen LogP contribution in [0.2, 0.25) is 0 Å². The molecule has 2 nitrogen and oxygen atoms in total. The van der Waals surface area contributed by atoms with E-state index in [1.807, 2.05) is 19.1 Å². The third-order valence-corrected chi connectivity index (χ3v) is 2.96. The number of rotatable bonds is 2. The van der Waals surface area contributed by atoms with E-state index in [2.05, 4.69) is 0 Å². The largest absolute Gasteiger partial charge is 0.398 e. The molecule has 2 rings (SSSR count). The molecular weight excluding hydrogens is 229 g/mol. The van der Waals surface area contributed by atoms with Crippen molar-refractivity contribution < 1.29 is 9.18 Å². The van der Waals surface area contributed by atoms with Crippen LogP contribution < -0.4 is 5.73 Å². The number of carbonyl (C=O) groups excluding carboxylic acids is 1. The smallest absolute Gasteiger partial charge is 0.193 e. The summed E-state index contributed by atoms with van der Waals surface area (Å²) in [6, 6.07) is 9.90. The summed E-state index contributed by atoms with van der Waals surface area (Å²) in [5.74, 6) is -0.675. The van der Waals surface area contributed by atoms with Crippen LogP contribution in [0.3, 0.4) is 0 Å². The lowest BCUT2D eigenvalue weighted by Crippen LogP contribution is -2.04. The van der Waals surface area contributed by atoms with Crippen molar-refractivity contribution in [2.45, 2.75) is 13.8 Å². The fraction of sp³-hybridized carbons (Fsp3) is 0.133. The summed E-state index contributed by atoms with van der Waals surface area (Å²) in [4.78, 5) is 12.2. The van der Waals surface area contributed by atoms with Gasteiger partial charge in [-0.3, -0.25) is 4.79 Å². The van der Waals surface area contributed by atoms with E-state index >= 15 is 0 Å². The van der Waals surface area contributed by atoms with Crippen molar-refractivity contribution >= 4 is 11.5 Å². The van der Waals surface area contributed by atoms with Crippen molar-refractivity contribution in [2.75, 3.05) is 5.73 Å². The van der Waals surface area contributed by atoms with Gasteiger partial charge in [-0.05, 0) is 26.0 Å². The summed E-state index contributed by atoms with van der Waals surface area (Å²) in [5, 5.41) is 0. The van der Waals surface area contributed by atoms with Gasteiger partial charge in [-0.25, -0.2) is 4.39 Å². The van der Waals surface area contributed by atoms with E-state index in [0.717, 1.165) is 5.56 Å². The van der Waals surface area contributed by atoms with Gasteiger partial charge in [0.15, 0.2) is 5.78 Å². The maximum atomic E-state index is 13.5. The van der Waals surface area contributed by atoms with Gasteiger partial charge < -0.3 is 5.73 Å². The molecule has 0 saturated carbocycles. The zero-order valence-corrected chi connectivity index (χ0v) is 10.3. The number of aryl methyl sites for hydroxylation is 1. The predicted octanol–water partition coefficient (Wildman–Crippen LogP) is 3.26. The van der Waals surface area contributed by atoms with E-state index in [1.54, 1.807) is 19.1 Å². The number of benzene rings is 2. The number of nitrogen functional groups attached to an aromatic ring is 1. The van der Waals surface area contributed by atoms with Gasteiger partial charge in [-0.1, -0.05) is 29.8 Å². The molecule has 0 radical (unpaired) electrons. The van der Waals surface area contributed by atoms with Crippen LogP contribution in [0.4, 0.5) is 10.1 Å². The lowest BCUT2D eigenvalue weighted by atomic mass is 10.00. The summed E-state index contributed by atoms with van der Waals surface area (Å²) < 4.78 is 13.5. The maximum absolute atomic E-state index is 13.5. The summed E-state index contributed by atoms with van der Waals surface area (Å²) in [7, 11) is 0. The molecule has 18 heavy (non-hydrogen) atoms. The molecule has 92 valence electrons. The zero-order valence-electron chi connectivity index (χ0n) is 10.3. The number of hydrogen-bond donors (Lipinski definition) is 1. The van der Waals surface area contributed by atoms with Gasteiger partial charge in [-0.2, -0.15) is 0 Å². The molecule has 0 aliphatic heterocycles. The van der Waals surface area contributed by atoms with E-state index < -0.39 is 5.82 Å². The Bertz CT molecular complexity index is 579. The molecule has 0 amide bonds. The van der Waals surface area contributed by atoms with Crippen LogP contribution in [-0.4, -0.2) is 5.78 Å².